The van der Waals surface area contributed by atoms with Crippen LogP contribution in [0.3, 0.4) is 0 Å². The Morgan fingerprint density at radius 1 is 1.36 bits per heavy atom. The summed E-state index contributed by atoms with van der Waals surface area (Å²) in [7, 11) is 3.87. The second kappa shape index (κ2) is 8.33. The van der Waals surface area contributed by atoms with Crippen molar-refractivity contribution in [3.8, 4) is 0 Å². The van der Waals surface area contributed by atoms with E-state index < -0.39 is 6.04 Å². The molecule has 2 atom stereocenters. The molecule has 2 unspecified atom stereocenters. The first kappa shape index (κ1) is 21.0. The fourth-order valence-corrected chi connectivity index (χ4v) is 5.11. The molecule has 0 spiro atoms. The number of aromatic nitrogens is 2. The Morgan fingerprint density at radius 3 is 2.71 bits per heavy atom. The summed E-state index contributed by atoms with van der Waals surface area (Å²) in [5.41, 5.74) is 1.03. The lowest BCUT2D eigenvalue weighted by Crippen LogP contribution is -2.35. The topological polar surface area (TPSA) is 64.4 Å². The summed E-state index contributed by atoms with van der Waals surface area (Å²) in [5, 5.41) is 0.706. The van der Waals surface area contributed by atoms with Crippen molar-refractivity contribution in [2.75, 3.05) is 20.7 Å². The number of esters is 1. The first-order chi connectivity index (χ1) is 13.2. The number of carbonyl (C=O) groups is 1. The molecule has 28 heavy (non-hydrogen) atoms. The van der Waals surface area contributed by atoms with Crippen molar-refractivity contribution in [3.05, 3.63) is 26.6 Å². The molecule has 0 radical (unpaired) electrons. The Balaban J connectivity index is 2.12. The zero-order chi connectivity index (χ0) is 20.6. The fraction of sp³-hybridized carbons (Fsp3) is 0.667. The van der Waals surface area contributed by atoms with Gasteiger partial charge in [0.05, 0.1) is 18.5 Å². The van der Waals surface area contributed by atoms with Gasteiger partial charge < -0.3 is 9.64 Å². The van der Waals surface area contributed by atoms with Gasteiger partial charge >= 0.3 is 5.97 Å². The third-order valence-electron chi connectivity index (χ3n) is 5.18. The SMILES string of the molecule is CC(C)COC(=O)C(C)n1c(CN(C)C)nc2sc3c(c2c1=O)CCC(C)C3. The van der Waals surface area contributed by atoms with E-state index in [0.29, 0.717) is 30.3 Å². The summed E-state index contributed by atoms with van der Waals surface area (Å²) >= 11 is 1.64. The minimum absolute atomic E-state index is 0.108. The van der Waals surface area contributed by atoms with Crippen molar-refractivity contribution in [1.29, 1.82) is 0 Å². The Morgan fingerprint density at radius 2 is 2.07 bits per heavy atom. The van der Waals surface area contributed by atoms with Crippen LogP contribution in [0.25, 0.3) is 10.2 Å². The molecule has 0 fully saturated rings. The van der Waals surface area contributed by atoms with Crippen LogP contribution in [0.2, 0.25) is 0 Å². The van der Waals surface area contributed by atoms with Crippen molar-refractivity contribution in [3.63, 3.8) is 0 Å². The number of hydrogen-bond donors (Lipinski definition) is 0. The van der Waals surface area contributed by atoms with Crippen LogP contribution in [0.5, 0.6) is 0 Å². The van der Waals surface area contributed by atoms with Crippen LogP contribution >= 0.6 is 11.3 Å². The third kappa shape index (κ3) is 4.15. The smallest absolute Gasteiger partial charge is 0.329 e. The van der Waals surface area contributed by atoms with Gasteiger partial charge in [0.25, 0.3) is 5.56 Å². The van der Waals surface area contributed by atoms with Crippen molar-refractivity contribution >= 4 is 27.5 Å². The van der Waals surface area contributed by atoms with E-state index >= 15 is 0 Å². The van der Waals surface area contributed by atoms with Crippen molar-refractivity contribution in [2.24, 2.45) is 11.8 Å². The average molecular weight is 406 g/mol. The van der Waals surface area contributed by atoms with Crippen LogP contribution in [0.4, 0.5) is 0 Å². The summed E-state index contributed by atoms with van der Waals surface area (Å²) in [6.07, 6.45) is 3.00. The van der Waals surface area contributed by atoms with Gasteiger partial charge in [-0.15, -0.1) is 11.3 Å². The predicted molar refractivity (Wildman–Crippen MR) is 113 cm³/mol. The van der Waals surface area contributed by atoms with E-state index in [4.69, 9.17) is 9.72 Å². The maximum Gasteiger partial charge on any atom is 0.329 e. The number of rotatable bonds is 6. The first-order valence-corrected chi connectivity index (χ1v) is 10.9. The normalized spacial score (nSPS) is 17.9. The highest BCUT2D eigenvalue weighted by Gasteiger charge is 2.28. The van der Waals surface area contributed by atoms with Crippen LogP contribution in [0.1, 0.15) is 56.4 Å². The number of thiophene rings is 1. The molecule has 0 amide bonds. The fourth-order valence-electron chi connectivity index (χ4n) is 3.71. The maximum absolute atomic E-state index is 13.5. The Bertz CT molecular complexity index is 929. The second-order valence-corrected chi connectivity index (χ2v) is 9.76. The molecule has 6 nitrogen and oxygen atoms in total. The van der Waals surface area contributed by atoms with Crippen molar-refractivity contribution in [1.82, 2.24) is 14.5 Å². The maximum atomic E-state index is 13.5. The number of fused-ring (bicyclic) bond motifs is 3. The van der Waals surface area contributed by atoms with Gasteiger partial charge in [-0.1, -0.05) is 20.8 Å². The highest BCUT2D eigenvalue weighted by molar-refractivity contribution is 7.18. The Labute approximate surface area is 170 Å². The summed E-state index contributed by atoms with van der Waals surface area (Å²) in [5.74, 6) is 1.12. The van der Waals surface area contributed by atoms with Gasteiger partial charge in [-0.05, 0) is 57.7 Å². The quantitative estimate of drug-likeness (QED) is 0.689. The lowest BCUT2D eigenvalue weighted by molar-refractivity contribution is -0.148. The molecule has 3 rings (SSSR count). The third-order valence-corrected chi connectivity index (χ3v) is 6.33. The lowest BCUT2D eigenvalue weighted by atomic mass is 9.89. The number of nitrogens with zero attached hydrogens (tertiary/aromatic N) is 3. The molecule has 7 heteroatoms. The molecular weight excluding hydrogens is 374 g/mol. The van der Waals surface area contributed by atoms with Crippen LogP contribution < -0.4 is 5.56 Å². The highest BCUT2D eigenvalue weighted by atomic mass is 32.1. The Kier molecular flexibility index (Phi) is 6.25. The number of aryl methyl sites for hydroxylation is 1. The summed E-state index contributed by atoms with van der Waals surface area (Å²) in [6, 6.07) is -0.698. The van der Waals surface area contributed by atoms with Gasteiger partial charge in [0.2, 0.25) is 0 Å². The molecule has 2 aromatic heterocycles. The monoisotopic (exact) mass is 405 g/mol. The number of hydrogen-bond acceptors (Lipinski definition) is 6. The van der Waals surface area contributed by atoms with E-state index in [9.17, 15) is 9.59 Å². The zero-order valence-corrected chi connectivity index (χ0v) is 18.6. The Hall–Kier alpha value is -1.73. The highest BCUT2D eigenvalue weighted by Crippen LogP contribution is 2.36. The van der Waals surface area contributed by atoms with Crippen LogP contribution in [0, 0.1) is 11.8 Å². The summed E-state index contributed by atoms with van der Waals surface area (Å²) in [4.78, 5) is 35.0. The van der Waals surface area contributed by atoms with Gasteiger partial charge in [0.1, 0.15) is 16.7 Å². The van der Waals surface area contributed by atoms with Gasteiger partial charge in [0.15, 0.2) is 0 Å². The van der Waals surface area contributed by atoms with E-state index in [1.165, 1.54) is 4.88 Å². The molecule has 0 aromatic carbocycles. The molecule has 1 aliphatic rings. The molecule has 154 valence electrons. The standard InChI is InChI=1S/C21H31N3O3S/c1-12(2)11-27-21(26)14(4)24-17(10-23(5)6)22-19-18(20(24)25)15-8-7-13(3)9-16(15)28-19/h12-14H,7-11H2,1-6H3. The summed E-state index contributed by atoms with van der Waals surface area (Å²) < 4.78 is 6.97. The zero-order valence-electron chi connectivity index (χ0n) is 17.7. The average Bonchev–Trinajstić information content (AvgIpc) is 2.96. The van der Waals surface area contributed by atoms with E-state index in [-0.39, 0.29) is 17.4 Å². The largest absolute Gasteiger partial charge is 0.464 e. The van der Waals surface area contributed by atoms with Gasteiger partial charge in [-0.3, -0.25) is 9.36 Å². The van der Waals surface area contributed by atoms with Gasteiger partial charge in [-0.2, -0.15) is 0 Å². The van der Waals surface area contributed by atoms with E-state index in [1.54, 1.807) is 22.8 Å². The number of carbonyl (C=O) groups excluding carboxylic acids is 1. The molecule has 1 aliphatic carbocycles. The second-order valence-electron chi connectivity index (χ2n) is 8.67. The molecule has 0 aliphatic heterocycles. The van der Waals surface area contributed by atoms with Crippen molar-refractivity contribution < 1.29 is 9.53 Å². The molecule has 0 saturated heterocycles. The summed E-state index contributed by atoms with van der Waals surface area (Å²) in [6.45, 7) is 8.82. The molecule has 0 saturated carbocycles. The molecule has 2 heterocycles. The predicted octanol–water partition coefficient (Wildman–Crippen LogP) is 3.40. The van der Waals surface area contributed by atoms with Gasteiger partial charge in [-0.25, -0.2) is 9.78 Å². The van der Waals surface area contributed by atoms with E-state index in [2.05, 4.69) is 6.92 Å². The minimum atomic E-state index is -0.698. The van der Waals surface area contributed by atoms with Crippen molar-refractivity contribution in [2.45, 2.75) is 59.5 Å². The number of ether oxygens (including phenoxy) is 1. The first-order valence-electron chi connectivity index (χ1n) is 10.1. The van der Waals surface area contributed by atoms with Gasteiger partial charge in [0, 0.05) is 4.88 Å². The molecule has 2 aromatic rings. The molecule has 0 N–H and O–H groups in total. The lowest BCUT2D eigenvalue weighted by Gasteiger charge is -2.21. The van der Waals surface area contributed by atoms with E-state index in [1.807, 2.05) is 32.8 Å². The molecule has 0 bridgehead atoms. The van der Waals surface area contributed by atoms with E-state index in [0.717, 1.165) is 29.7 Å². The van der Waals surface area contributed by atoms with Crippen LogP contribution in [-0.2, 0) is 28.9 Å². The van der Waals surface area contributed by atoms with Crippen LogP contribution in [-0.4, -0.2) is 41.1 Å². The molecular formula is C21H31N3O3S. The minimum Gasteiger partial charge on any atom is -0.464 e. The van der Waals surface area contributed by atoms with Crippen LogP contribution in [0.15, 0.2) is 4.79 Å².